The number of benzene rings is 1. The van der Waals surface area contributed by atoms with Gasteiger partial charge >= 0.3 is 6.18 Å². The van der Waals surface area contributed by atoms with Gasteiger partial charge in [0.25, 0.3) is 0 Å². The number of rotatable bonds is 3. The van der Waals surface area contributed by atoms with Crippen LogP contribution in [0.2, 0.25) is 0 Å². The summed E-state index contributed by atoms with van der Waals surface area (Å²) in [6.07, 6.45) is -2.77. The van der Waals surface area contributed by atoms with Gasteiger partial charge in [0.15, 0.2) is 0 Å². The molecular weight excluding hydrogens is 352 g/mol. The number of piperidine rings is 1. The van der Waals surface area contributed by atoms with Gasteiger partial charge in [0.1, 0.15) is 5.82 Å². The van der Waals surface area contributed by atoms with Crippen LogP contribution in [0.25, 0.3) is 11.3 Å². The zero-order valence-electron chi connectivity index (χ0n) is 14.1. The fourth-order valence-electron chi connectivity index (χ4n) is 3.21. The first-order chi connectivity index (χ1) is 11.8. The molecule has 1 aromatic heterocycles. The lowest BCUT2D eigenvalue weighted by atomic mass is 9.96. The predicted molar refractivity (Wildman–Crippen MR) is 91.2 cm³/mol. The molecule has 1 aromatic carbocycles. The van der Waals surface area contributed by atoms with E-state index < -0.39 is 17.6 Å². The number of aromatic nitrogens is 1. The summed E-state index contributed by atoms with van der Waals surface area (Å²) >= 11 is 1.41. The summed E-state index contributed by atoms with van der Waals surface area (Å²) in [7, 11) is 0. The normalized spacial score (nSPS) is 17.4. The summed E-state index contributed by atoms with van der Waals surface area (Å²) in [5, 5.41) is 2.54. The Labute approximate surface area is 148 Å². The van der Waals surface area contributed by atoms with Crippen LogP contribution in [0.1, 0.15) is 43.2 Å². The molecule has 0 atom stereocenters. The summed E-state index contributed by atoms with van der Waals surface area (Å²) in [5.41, 5.74) is -1.04. The molecule has 0 bridgehead atoms. The van der Waals surface area contributed by atoms with E-state index in [1.54, 1.807) is 5.38 Å². The molecule has 7 heteroatoms. The van der Waals surface area contributed by atoms with Gasteiger partial charge in [-0.05, 0) is 51.9 Å². The molecule has 1 saturated heterocycles. The topological polar surface area (TPSA) is 16.1 Å². The summed E-state index contributed by atoms with van der Waals surface area (Å²) in [5.74, 6) is -0.955. The standard InChI is InChI=1S/C18H20F4N2S/c1-11(2)24-8-6-12(7-9-24)17-23-15(10-25-17)13-4-3-5-14(16(13)19)18(20,21)22/h3-5,10-12H,6-9H2,1-2H3. The minimum absolute atomic E-state index is 0.0862. The van der Waals surface area contributed by atoms with E-state index in [9.17, 15) is 17.6 Å². The summed E-state index contributed by atoms with van der Waals surface area (Å²) in [6.45, 7) is 6.29. The maximum atomic E-state index is 14.3. The van der Waals surface area contributed by atoms with Crippen molar-refractivity contribution in [2.75, 3.05) is 13.1 Å². The minimum atomic E-state index is -4.71. The van der Waals surface area contributed by atoms with E-state index in [1.165, 1.54) is 23.5 Å². The molecule has 1 aliphatic heterocycles. The number of alkyl halides is 3. The molecule has 0 N–H and O–H groups in total. The summed E-state index contributed by atoms with van der Waals surface area (Å²) in [6, 6.07) is 3.84. The maximum absolute atomic E-state index is 14.3. The highest BCUT2D eigenvalue weighted by molar-refractivity contribution is 7.10. The Morgan fingerprint density at radius 1 is 1.20 bits per heavy atom. The van der Waals surface area contributed by atoms with Crippen molar-refractivity contribution in [1.29, 1.82) is 0 Å². The van der Waals surface area contributed by atoms with Gasteiger partial charge in [0.2, 0.25) is 0 Å². The van der Waals surface area contributed by atoms with E-state index in [4.69, 9.17) is 0 Å². The number of halogens is 4. The minimum Gasteiger partial charge on any atom is -0.301 e. The van der Waals surface area contributed by atoms with Crippen LogP contribution in [-0.4, -0.2) is 29.0 Å². The maximum Gasteiger partial charge on any atom is 0.419 e. The fraction of sp³-hybridized carbons (Fsp3) is 0.500. The first kappa shape index (κ1) is 18.3. The first-order valence-electron chi connectivity index (χ1n) is 8.33. The van der Waals surface area contributed by atoms with Gasteiger partial charge in [-0.15, -0.1) is 11.3 Å². The largest absolute Gasteiger partial charge is 0.419 e. The van der Waals surface area contributed by atoms with Crippen LogP contribution in [0.3, 0.4) is 0 Å². The SMILES string of the molecule is CC(C)N1CCC(c2nc(-c3cccc(C(F)(F)F)c3F)cs2)CC1. The fourth-order valence-corrected chi connectivity index (χ4v) is 4.20. The van der Waals surface area contributed by atoms with Crippen molar-refractivity contribution in [1.82, 2.24) is 9.88 Å². The first-order valence-corrected chi connectivity index (χ1v) is 9.21. The molecule has 136 valence electrons. The average Bonchev–Trinajstić information content (AvgIpc) is 3.03. The smallest absolute Gasteiger partial charge is 0.301 e. The molecule has 1 fully saturated rings. The van der Waals surface area contributed by atoms with Crippen molar-refractivity contribution in [2.24, 2.45) is 0 Å². The summed E-state index contributed by atoms with van der Waals surface area (Å²) < 4.78 is 52.9. The third-order valence-electron chi connectivity index (χ3n) is 4.71. The Bertz CT molecular complexity index is 731. The highest BCUT2D eigenvalue weighted by Gasteiger charge is 2.35. The van der Waals surface area contributed by atoms with Gasteiger partial charge in [-0.2, -0.15) is 13.2 Å². The third kappa shape index (κ3) is 3.87. The molecule has 0 unspecified atom stereocenters. The Hall–Kier alpha value is -1.47. The van der Waals surface area contributed by atoms with Crippen molar-refractivity contribution in [2.45, 2.75) is 44.8 Å². The van der Waals surface area contributed by atoms with E-state index in [0.717, 1.165) is 37.0 Å². The monoisotopic (exact) mass is 372 g/mol. The van der Waals surface area contributed by atoms with Crippen molar-refractivity contribution in [3.8, 4) is 11.3 Å². The van der Waals surface area contributed by atoms with Crippen LogP contribution in [0.5, 0.6) is 0 Å². The lowest BCUT2D eigenvalue weighted by Gasteiger charge is -2.33. The van der Waals surface area contributed by atoms with Crippen molar-refractivity contribution in [3.63, 3.8) is 0 Å². The molecule has 0 saturated carbocycles. The predicted octanol–water partition coefficient (Wildman–Crippen LogP) is 5.56. The molecule has 0 radical (unpaired) electrons. The number of hydrogen-bond acceptors (Lipinski definition) is 3. The molecule has 0 amide bonds. The van der Waals surface area contributed by atoms with E-state index in [2.05, 4.69) is 23.7 Å². The van der Waals surface area contributed by atoms with Crippen molar-refractivity contribution in [3.05, 3.63) is 40.0 Å². The molecule has 0 spiro atoms. The van der Waals surface area contributed by atoms with E-state index in [-0.39, 0.29) is 11.3 Å². The second-order valence-electron chi connectivity index (χ2n) is 6.64. The molecule has 2 aromatic rings. The van der Waals surface area contributed by atoms with Crippen LogP contribution in [0, 0.1) is 5.82 Å². The third-order valence-corrected chi connectivity index (χ3v) is 5.72. The van der Waals surface area contributed by atoms with Crippen molar-refractivity contribution >= 4 is 11.3 Å². The molecule has 3 rings (SSSR count). The van der Waals surface area contributed by atoms with Crippen LogP contribution >= 0.6 is 11.3 Å². The zero-order chi connectivity index (χ0) is 18.2. The quantitative estimate of drug-likeness (QED) is 0.656. The van der Waals surface area contributed by atoms with Crippen molar-refractivity contribution < 1.29 is 17.6 Å². The number of thiazole rings is 1. The van der Waals surface area contributed by atoms with Gasteiger partial charge in [0, 0.05) is 22.9 Å². The second kappa shape index (κ2) is 7.03. The van der Waals surface area contributed by atoms with E-state index in [0.29, 0.717) is 12.0 Å². The van der Waals surface area contributed by atoms with Gasteiger partial charge in [-0.3, -0.25) is 0 Å². The second-order valence-corrected chi connectivity index (χ2v) is 7.53. The van der Waals surface area contributed by atoms with Crippen LogP contribution in [-0.2, 0) is 6.18 Å². The van der Waals surface area contributed by atoms with Gasteiger partial charge in [-0.25, -0.2) is 9.37 Å². The Kier molecular flexibility index (Phi) is 5.16. The number of hydrogen-bond donors (Lipinski definition) is 0. The number of likely N-dealkylation sites (tertiary alicyclic amines) is 1. The molecule has 25 heavy (non-hydrogen) atoms. The lowest BCUT2D eigenvalue weighted by molar-refractivity contribution is -0.139. The Morgan fingerprint density at radius 2 is 1.88 bits per heavy atom. The Balaban J connectivity index is 1.81. The van der Waals surface area contributed by atoms with E-state index >= 15 is 0 Å². The van der Waals surface area contributed by atoms with Gasteiger partial charge < -0.3 is 4.90 Å². The highest BCUT2D eigenvalue weighted by Crippen LogP contribution is 2.37. The lowest BCUT2D eigenvalue weighted by Crippen LogP contribution is -2.37. The molecule has 2 nitrogen and oxygen atoms in total. The van der Waals surface area contributed by atoms with Gasteiger partial charge in [0.05, 0.1) is 16.3 Å². The number of nitrogens with zero attached hydrogens (tertiary/aromatic N) is 2. The molecule has 2 heterocycles. The molecular formula is C18H20F4N2S. The van der Waals surface area contributed by atoms with Crippen LogP contribution in [0.15, 0.2) is 23.6 Å². The average molecular weight is 372 g/mol. The highest BCUT2D eigenvalue weighted by atomic mass is 32.1. The molecule has 0 aliphatic carbocycles. The molecule has 1 aliphatic rings. The van der Waals surface area contributed by atoms with E-state index in [1.807, 2.05) is 0 Å². The van der Waals surface area contributed by atoms with Crippen LogP contribution in [0.4, 0.5) is 17.6 Å². The zero-order valence-corrected chi connectivity index (χ0v) is 14.9. The summed E-state index contributed by atoms with van der Waals surface area (Å²) in [4.78, 5) is 6.85. The van der Waals surface area contributed by atoms with Crippen LogP contribution < -0.4 is 0 Å². The Morgan fingerprint density at radius 3 is 2.48 bits per heavy atom. The van der Waals surface area contributed by atoms with Gasteiger partial charge in [-0.1, -0.05) is 6.07 Å².